The molecule has 0 N–H and O–H groups in total. The van der Waals surface area contributed by atoms with Crippen molar-refractivity contribution in [1.29, 1.82) is 5.26 Å². The van der Waals surface area contributed by atoms with Gasteiger partial charge in [0, 0.05) is 30.8 Å². The maximum absolute atomic E-state index is 11.1. The highest BCUT2D eigenvalue weighted by atomic mass is 16.6. The molecule has 2 aliphatic heterocycles. The summed E-state index contributed by atoms with van der Waals surface area (Å²) in [7, 11) is 1.44. The van der Waals surface area contributed by atoms with Crippen LogP contribution in [0.1, 0.15) is 12.8 Å². The molecule has 22 heavy (non-hydrogen) atoms. The average Bonchev–Trinajstić information content (AvgIpc) is 2.52. The van der Waals surface area contributed by atoms with Crippen LogP contribution in [0.4, 0.5) is 11.4 Å². The van der Waals surface area contributed by atoms with Crippen molar-refractivity contribution >= 4 is 18.1 Å². The molecule has 0 saturated carbocycles. The van der Waals surface area contributed by atoms with Gasteiger partial charge in [-0.3, -0.25) is 10.1 Å². The number of nitrogens with zero attached hydrogens (tertiary/aromatic N) is 3. The Morgan fingerprint density at radius 2 is 2.09 bits per heavy atom. The summed E-state index contributed by atoms with van der Waals surface area (Å²) in [6, 6.07) is 5.13. The second kappa shape index (κ2) is 5.52. The lowest BCUT2D eigenvalue weighted by Gasteiger charge is -2.49. The first-order chi connectivity index (χ1) is 10.6. The van der Waals surface area contributed by atoms with Gasteiger partial charge in [-0.25, -0.2) is 5.26 Å². The van der Waals surface area contributed by atoms with Gasteiger partial charge < -0.3 is 9.64 Å². The van der Waals surface area contributed by atoms with Crippen LogP contribution in [0.5, 0.6) is 5.75 Å². The number of nitro benzene ring substituents is 1. The van der Waals surface area contributed by atoms with Gasteiger partial charge in [-0.1, -0.05) is 12.6 Å². The maximum atomic E-state index is 11.1. The molecule has 1 spiro atoms. The average molecular weight is 299 g/mol. The van der Waals surface area contributed by atoms with Crippen molar-refractivity contribution in [3.63, 3.8) is 0 Å². The zero-order chi connectivity index (χ0) is 15.7. The zero-order valence-corrected chi connectivity index (χ0v) is 12.6. The predicted octanol–water partition coefficient (Wildman–Crippen LogP) is 2.76. The number of hydrogen-bond acceptors (Lipinski definition) is 5. The Bertz CT molecular complexity index is 627. The van der Waals surface area contributed by atoms with E-state index in [0.29, 0.717) is 5.41 Å². The van der Waals surface area contributed by atoms with Crippen LogP contribution in [-0.2, 0) is 0 Å². The van der Waals surface area contributed by atoms with Crippen molar-refractivity contribution in [2.45, 2.75) is 25.5 Å². The standard InChI is InChI=1S/C15H18BN3O3/c1-22-14-3-2-12(8-13(14)19(20)21)18-6-4-15(5-7-18)9-16(10-15)11-17/h2-3,8H,4-7,9-10H2,1H3. The lowest BCUT2D eigenvalue weighted by molar-refractivity contribution is -0.385. The summed E-state index contributed by atoms with van der Waals surface area (Å²) < 4.78 is 5.04. The van der Waals surface area contributed by atoms with Crippen LogP contribution < -0.4 is 9.64 Å². The summed E-state index contributed by atoms with van der Waals surface area (Å²) in [4.78, 5) is 12.9. The van der Waals surface area contributed by atoms with E-state index in [2.05, 4.69) is 10.9 Å². The molecule has 2 aliphatic rings. The van der Waals surface area contributed by atoms with Crippen LogP contribution >= 0.6 is 0 Å². The number of anilines is 1. The molecule has 2 heterocycles. The Kier molecular flexibility index (Phi) is 3.69. The SMILES string of the molecule is COc1ccc(N2CCC3(CC2)CB(C#N)C3)cc1[N+](=O)[O-]. The molecule has 3 rings (SSSR count). The van der Waals surface area contributed by atoms with Crippen LogP contribution in [-0.4, -0.2) is 31.8 Å². The van der Waals surface area contributed by atoms with Crippen LogP contribution in [0.2, 0.25) is 12.6 Å². The van der Waals surface area contributed by atoms with Crippen LogP contribution in [0, 0.1) is 26.8 Å². The van der Waals surface area contributed by atoms with Crippen LogP contribution in [0.3, 0.4) is 0 Å². The van der Waals surface area contributed by atoms with Crippen molar-refractivity contribution in [1.82, 2.24) is 0 Å². The second-order valence-corrected chi connectivity index (χ2v) is 6.33. The molecule has 6 nitrogen and oxygen atoms in total. The first kappa shape index (κ1) is 14.7. The molecule has 0 aromatic heterocycles. The smallest absolute Gasteiger partial charge is 0.312 e. The number of nitro groups is 1. The van der Waals surface area contributed by atoms with Gasteiger partial charge in [-0.2, -0.15) is 0 Å². The van der Waals surface area contributed by atoms with E-state index in [1.807, 2.05) is 6.07 Å². The van der Waals surface area contributed by atoms with Crippen LogP contribution in [0.25, 0.3) is 0 Å². The molecule has 0 unspecified atom stereocenters. The topological polar surface area (TPSA) is 79.4 Å². The largest absolute Gasteiger partial charge is 0.490 e. The molecular weight excluding hydrogens is 281 g/mol. The summed E-state index contributed by atoms with van der Waals surface area (Å²) in [6.45, 7) is 2.01. The lowest BCUT2D eigenvalue weighted by atomic mass is 9.26. The first-order valence-electron chi connectivity index (χ1n) is 7.54. The quantitative estimate of drug-likeness (QED) is 0.487. The maximum Gasteiger partial charge on any atom is 0.312 e. The fourth-order valence-corrected chi connectivity index (χ4v) is 3.74. The monoisotopic (exact) mass is 299 g/mol. The van der Waals surface area contributed by atoms with Crippen LogP contribution in [0.15, 0.2) is 18.2 Å². The highest BCUT2D eigenvalue weighted by molar-refractivity contribution is 6.70. The molecule has 114 valence electrons. The van der Waals surface area contributed by atoms with Crippen molar-refractivity contribution in [3.8, 4) is 11.7 Å². The number of methoxy groups -OCH3 is 1. The van der Waals surface area contributed by atoms with Crippen molar-refractivity contribution in [2.24, 2.45) is 5.41 Å². The van der Waals surface area contributed by atoms with Gasteiger partial charge in [0.15, 0.2) is 5.75 Å². The molecule has 0 aliphatic carbocycles. The number of piperidine rings is 1. The minimum atomic E-state index is -0.406. The highest BCUT2D eigenvalue weighted by Crippen LogP contribution is 2.50. The number of hydrogen-bond donors (Lipinski definition) is 0. The number of benzene rings is 1. The second-order valence-electron chi connectivity index (χ2n) is 6.33. The van der Waals surface area contributed by atoms with Gasteiger partial charge in [0.05, 0.1) is 12.0 Å². The minimum absolute atomic E-state index is 0.00785. The Morgan fingerprint density at radius 3 is 2.64 bits per heavy atom. The molecule has 0 amide bonds. The first-order valence-corrected chi connectivity index (χ1v) is 7.54. The molecule has 0 bridgehead atoms. The molecule has 1 aromatic carbocycles. The van der Waals surface area contributed by atoms with Crippen molar-refractivity contribution in [2.75, 3.05) is 25.1 Å². The van der Waals surface area contributed by atoms with Gasteiger partial charge in [0.25, 0.3) is 6.71 Å². The Morgan fingerprint density at radius 1 is 1.41 bits per heavy atom. The fraction of sp³-hybridized carbons (Fsp3) is 0.533. The molecule has 1 aromatic rings. The predicted molar refractivity (Wildman–Crippen MR) is 84.5 cm³/mol. The normalized spacial score (nSPS) is 19.5. The van der Waals surface area contributed by atoms with Gasteiger partial charge in [-0.15, -0.1) is 0 Å². The van der Waals surface area contributed by atoms with E-state index >= 15 is 0 Å². The summed E-state index contributed by atoms with van der Waals surface area (Å²) in [5.74, 6) is 2.64. The molecule has 2 saturated heterocycles. The van der Waals surface area contributed by atoms with E-state index < -0.39 is 4.92 Å². The molecule has 0 radical (unpaired) electrons. The fourth-order valence-electron chi connectivity index (χ4n) is 3.74. The van der Waals surface area contributed by atoms with E-state index in [1.54, 1.807) is 12.1 Å². The Labute approximate surface area is 129 Å². The van der Waals surface area contributed by atoms with E-state index in [9.17, 15) is 10.1 Å². The summed E-state index contributed by atoms with van der Waals surface area (Å²) in [5.41, 5.74) is 1.22. The zero-order valence-electron chi connectivity index (χ0n) is 12.6. The van der Waals surface area contributed by atoms with Gasteiger partial charge >= 0.3 is 5.69 Å². The van der Waals surface area contributed by atoms with E-state index in [1.165, 1.54) is 7.11 Å². The van der Waals surface area contributed by atoms with Gasteiger partial charge in [0.2, 0.25) is 0 Å². The molecule has 7 heteroatoms. The molecule has 2 fully saturated rings. The van der Waals surface area contributed by atoms with E-state index in [4.69, 9.17) is 10.00 Å². The molecule has 0 atom stereocenters. The third-order valence-electron chi connectivity index (χ3n) is 5.09. The summed E-state index contributed by atoms with van der Waals surface area (Å²) in [6.07, 6.45) is 4.15. The summed E-state index contributed by atoms with van der Waals surface area (Å²) in [5, 5.41) is 20.0. The third-order valence-corrected chi connectivity index (χ3v) is 5.09. The van der Waals surface area contributed by atoms with E-state index in [0.717, 1.165) is 44.3 Å². The molecular formula is C15H18BN3O3. The van der Waals surface area contributed by atoms with Crippen molar-refractivity contribution < 1.29 is 9.66 Å². The highest BCUT2D eigenvalue weighted by Gasteiger charge is 2.48. The van der Waals surface area contributed by atoms with E-state index in [-0.39, 0.29) is 18.1 Å². The summed E-state index contributed by atoms with van der Waals surface area (Å²) >= 11 is 0. The number of nitriles is 1. The Hall–Kier alpha value is -2.23. The third kappa shape index (κ3) is 2.49. The minimum Gasteiger partial charge on any atom is -0.490 e. The van der Waals surface area contributed by atoms with Gasteiger partial charge in [-0.05, 0) is 30.4 Å². The Balaban J connectivity index is 1.70. The van der Waals surface area contributed by atoms with Gasteiger partial charge in [0.1, 0.15) is 0 Å². The number of ether oxygens (including phenoxy) is 1. The lowest BCUT2D eigenvalue weighted by Crippen LogP contribution is -2.49. The van der Waals surface area contributed by atoms with Crippen molar-refractivity contribution in [3.05, 3.63) is 28.3 Å². The number of rotatable bonds is 3.